The highest BCUT2D eigenvalue weighted by Gasteiger charge is 2.45. The van der Waals surface area contributed by atoms with E-state index in [1.165, 1.54) is 0 Å². The van der Waals surface area contributed by atoms with Gasteiger partial charge in [0.25, 0.3) is 0 Å². The second kappa shape index (κ2) is 5.50. The van der Waals surface area contributed by atoms with Crippen LogP contribution in [0.1, 0.15) is 46.6 Å². The van der Waals surface area contributed by atoms with Crippen molar-refractivity contribution in [2.75, 3.05) is 12.4 Å². The highest BCUT2D eigenvalue weighted by atomic mass is 16.2. The number of anilines is 1. The molecule has 1 saturated carbocycles. The van der Waals surface area contributed by atoms with Gasteiger partial charge in [0.1, 0.15) is 5.82 Å². The topological polar surface area (TPSA) is 67.2 Å². The summed E-state index contributed by atoms with van der Waals surface area (Å²) in [6, 6.07) is 1.87. The third-order valence-corrected chi connectivity index (χ3v) is 4.54. The van der Waals surface area contributed by atoms with Gasteiger partial charge in [-0.15, -0.1) is 0 Å². The van der Waals surface area contributed by atoms with Gasteiger partial charge in [0.05, 0.1) is 6.20 Å². The zero-order chi connectivity index (χ0) is 15.8. The van der Waals surface area contributed by atoms with Gasteiger partial charge in [-0.05, 0) is 39.0 Å². The Balaban J connectivity index is 2.02. The van der Waals surface area contributed by atoms with Crippen LogP contribution in [0, 0.1) is 5.41 Å². The van der Waals surface area contributed by atoms with Gasteiger partial charge >= 0.3 is 11.8 Å². The van der Waals surface area contributed by atoms with E-state index in [-0.39, 0.29) is 17.5 Å². The quantitative estimate of drug-likeness (QED) is 0.864. The minimum atomic E-state index is -0.615. The third-order valence-electron chi connectivity index (χ3n) is 4.54. The molecular formula is C15H24N4O2. The average Bonchev–Trinajstić information content (AvgIpc) is 3.01. The number of nitrogens with one attached hydrogen (secondary N) is 1. The summed E-state index contributed by atoms with van der Waals surface area (Å²) in [5.41, 5.74) is 0.157. The predicted molar refractivity (Wildman–Crippen MR) is 80.8 cm³/mol. The fourth-order valence-electron chi connectivity index (χ4n) is 2.41. The summed E-state index contributed by atoms with van der Waals surface area (Å²) in [5, 5.41) is 6.78. The lowest BCUT2D eigenvalue weighted by Gasteiger charge is -2.29. The van der Waals surface area contributed by atoms with Gasteiger partial charge in [0, 0.05) is 25.2 Å². The number of carbonyl (C=O) groups excluding carboxylic acids is 2. The first kappa shape index (κ1) is 15.5. The minimum absolute atomic E-state index is 0.0609. The molecular weight excluding hydrogens is 268 g/mol. The molecule has 6 heteroatoms. The molecule has 1 aliphatic carbocycles. The van der Waals surface area contributed by atoms with Crippen molar-refractivity contribution in [1.29, 1.82) is 0 Å². The minimum Gasteiger partial charge on any atom is -0.334 e. The Bertz CT molecular complexity index is 546. The number of nitrogens with zero attached hydrogens (tertiary/aromatic N) is 3. The fourth-order valence-corrected chi connectivity index (χ4v) is 2.41. The first-order valence-electron chi connectivity index (χ1n) is 7.38. The second-order valence-electron chi connectivity index (χ2n) is 6.45. The number of aromatic nitrogens is 2. The first-order valence-corrected chi connectivity index (χ1v) is 7.38. The molecule has 0 saturated heterocycles. The Morgan fingerprint density at radius 3 is 2.52 bits per heavy atom. The summed E-state index contributed by atoms with van der Waals surface area (Å²) in [5.74, 6) is -0.579. The molecule has 21 heavy (non-hydrogen) atoms. The molecule has 0 spiro atoms. The molecule has 0 radical (unpaired) electrons. The van der Waals surface area contributed by atoms with Crippen LogP contribution < -0.4 is 5.32 Å². The van der Waals surface area contributed by atoms with Crippen LogP contribution in [0.3, 0.4) is 0 Å². The van der Waals surface area contributed by atoms with Crippen LogP contribution in [0.5, 0.6) is 0 Å². The molecule has 0 unspecified atom stereocenters. The van der Waals surface area contributed by atoms with Crippen LogP contribution in [0.25, 0.3) is 0 Å². The van der Waals surface area contributed by atoms with Crippen molar-refractivity contribution in [2.24, 2.45) is 5.41 Å². The molecule has 1 aromatic rings. The summed E-state index contributed by atoms with van der Waals surface area (Å²) in [4.78, 5) is 25.9. The molecule has 1 aliphatic rings. The molecule has 1 atom stereocenters. The van der Waals surface area contributed by atoms with Crippen LogP contribution in [0.2, 0.25) is 0 Å². The normalized spacial score (nSPS) is 17.4. The van der Waals surface area contributed by atoms with Gasteiger partial charge in [-0.25, -0.2) is 4.68 Å². The van der Waals surface area contributed by atoms with Crippen molar-refractivity contribution < 1.29 is 9.59 Å². The molecule has 0 aromatic carbocycles. The van der Waals surface area contributed by atoms with Gasteiger partial charge in [0.2, 0.25) is 0 Å². The van der Waals surface area contributed by atoms with Gasteiger partial charge in [-0.3, -0.25) is 9.59 Å². The number of hydrogen-bond donors (Lipinski definition) is 1. The highest BCUT2D eigenvalue weighted by molar-refractivity contribution is 6.39. The molecule has 1 fully saturated rings. The molecule has 116 valence electrons. The van der Waals surface area contributed by atoms with Crippen molar-refractivity contribution in [3.8, 4) is 0 Å². The molecule has 1 heterocycles. The Kier molecular flexibility index (Phi) is 4.07. The van der Waals surface area contributed by atoms with E-state index in [0.29, 0.717) is 5.82 Å². The fraction of sp³-hybridized carbons (Fsp3) is 0.667. The van der Waals surface area contributed by atoms with Crippen molar-refractivity contribution in [3.63, 3.8) is 0 Å². The maximum absolute atomic E-state index is 12.3. The molecule has 6 nitrogen and oxygen atoms in total. The van der Waals surface area contributed by atoms with Crippen molar-refractivity contribution >= 4 is 17.6 Å². The van der Waals surface area contributed by atoms with E-state index in [4.69, 9.17) is 0 Å². The van der Waals surface area contributed by atoms with Gasteiger partial charge in [-0.2, -0.15) is 5.10 Å². The van der Waals surface area contributed by atoms with E-state index in [2.05, 4.69) is 17.3 Å². The molecule has 1 aromatic heterocycles. The van der Waals surface area contributed by atoms with E-state index in [1.54, 1.807) is 28.9 Å². The number of rotatable bonds is 4. The number of amides is 2. The summed E-state index contributed by atoms with van der Waals surface area (Å²) in [6.07, 6.45) is 3.82. The van der Waals surface area contributed by atoms with Crippen molar-refractivity contribution in [1.82, 2.24) is 14.7 Å². The van der Waals surface area contributed by atoms with Gasteiger partial charge in [-0.1, -0.05) is 6.92 Å². The lowest BCUT2D eigenvalue weighted by atomic mass is 9.99. The summed E-state index contributed by atoms with van der Waals surface area (Å²) >= 11 is 0. The van der Waals surface area contributed by atoms with E-state index < -0.39 is 11.8 Å². The Labute approximate surface area is 125 Å². The highest BCUT2D eigenvalue weighted by Crippen LogP contribution is 2.49. The second-order valence-corrected chi connectivity index (χ2v) is 6.45. The van der Waals surface area contributed by atoms with E-state index in [0.717, 1.165) is 12.8 Å². The molecule has 0 bridgehead atoms. The van der Waals surface area contributed by atoms with E-state index in [9.17, 15) is 9.59 Å². The lowest BCUT2D eigenvalue weighted by Crippen LogP contribution is -2.45. The SMILES string of the molecule is CC(C)n1nccc1NC(=O)C(=O)N(C)[C@H](C)C1(C)CC1. The monoisotopic (exact) mass is 292 g/mol. The van der Waals surface area contributed by atoms with Gasteiger partial charge in [0.15, 0.2) is 0 Å². The zero-order valence-corrected chi connectivity index (χ0v) is 13.4. The zero-order valence-electron chi connectivity index (χ0n) is 13.4. The number of hydrogen-bond acceptors (Lipinski definition) is 3. The molecule has 0 aliphatic heterocycles. The number of likely N-dealkylation sites (N-methyl/N-ethyl adjacent to an activating group) is 1. The first-order chi connectivity index (χ1) is 9.76. The Hall–Kier alpha value is -1.85. The van der Waals surface area contributed by atoms with E-state index in [1.807, 2.05) is 20.8 Å². The lowest BCUT2D eigenvalue weighted by molar-refractivity contribution is -0.144. The van der Waals surface area contributed by atoms with Crippen molar-refractivity contribution in [2.45, 2.75) is 52.6 Å². The maximum atomic E-state index is 12.3. The van der Waals surface area contributed by atoms with Crippen LogP contribution in [-0.4, -0.2) is 39.6 Å². The Morgan fingerprint density at radius 2 is 2.00 bits per heavy atom. The van der Waals surface area contributed by atoms with Gasteiger partial charge < -0.3 is 10.2 Å². The largest absolute Gasteiger partial charge is 0.334 e. The van der Waals surface area contributed by atoms with Crippen LogP contribution >= 0.6 is 0 Å². The standard InChI is InChI=1S/C15H24N4O2/c1-10(2)19-12(6-9-16-19)17-13(20)14(21)18(5)11(3)15(4)7-8-15/h6,9-11H,7-8H2,1-5H3,(H,17,20)/t11-/m1/s1. The summed E-state index contributed by atoms with van der Waals surface area (Å²) in [7, 11) is 1.69. The predicted octanol–water partition coefficient (Wildman–Crippen LogP) is 2.05. The number of carbonyl (C=O) groups is 2. The van der Waals surface area contributed by atoms with Crippen LogP contribution in [0.15, 0.2) is 12.3 Å². The van der Waals surface area contributed by atoms with Crippen LogP contribution in [0.4, 0.5) is 5.82 Å². The maximum Gasteiger partial charge on any atom is 0.315 e. The third kappa shape index (κ3) is 3.09. The van der Waals surface area contributed by atoms with E-state index >= 15 is 0 Å². The molecule has 1 N–H and O–H groups in total. The summed E-state index contributed by atoms with van der Waals surface area (Å²) in [6.45, 7) is 8.07. The molecule has 2 amide bonds. The van der Waals surface area contributed by atoms with Crippen molar-refractivity contribution in [3.05, 3.63) is 12.3 Å². The van der Waals surface area contributed by atoms with Crippen LogP contribution in [-0.2, 0) is 9.59 Å². The smallest absolute Gasteiger partial charge is 0.315 e. The molecule has 2 rings (SSSR count). The average molecular weight is 292 g/mol. The summed E-state index contributed by atoms with van der Waals surface area (Å²) < 4.78 is 1.68. The Morgan fingerprint density at radius 1 is 1.38 bits per heavy atom.